The molecule has 1 aromatic carbocycles. The molecule has 0 bridgehead atoms. The summed E-state index contributed by atoms with van der Waals surface area (Å²) in [7, 11) is 1.57. The molecule has 3 N–H and O–H groups in total. The van der Waals surface area contributed by atoms with Crippen LogP contribution in [-0.2, 0) is 4.79 Å². The molecule has 0 aliphatic rings. The van der Waals surface area contributed by atoms with Crippen LogP contribution in [0.3, 0.4) is 0 Å². The standard InChI is InChI=1S/C12H16N2O2S2/c1-16-10-5-3-2-4-9(10)14-12(15)8-18-7-6-11(13)17/h2-5H,6-8H2,1H3,(H2,13,17)(H,14,15). The lowest BCUT2D eigenvalue weighted by Crippen LogP contribution is -2.15. The third kappa shape index (κ3) is 5.37. The van der Waals surface area contributed by atoms with E-state index >= 15 is 0 Å². The van der Waals surface area contributed by atoms with Gasteiger partial charge >= 0.3 is 0 Å². The minimum absolute atomic E-state index is 0.0626. The van der Waals surface area contributed by atoms with Gasteiger partial charge in [0.1, 0.15) is 5.75 Å². The molecular formula is C12H16N2O2S2. The van der Waals surface area contributed by atoms with Gasteiger partial charge in [-0.05, 0) is 12.1 Å². The average Bonchev–Trinajstić information content (AvgIpc) is 2.35. The van der Waals surface area contributed by atoms with Crippen molar-refractivity contribution in [2.75, 3.05) is 23.9 Å². The number of ether oxygens (including phenoxy) is 1. The van der Waals surface area contributed by atoms with Gasteiger partial charge < -0.3 is 15.8 Å². The van der Waals surface area contributed by atoms with Crippen molar-refractivity contribution in [2.24, 2.45) is 5.73 Å². The zero-order valence-electron chi connectivity index (χ0n) is 10.1. The summed E-state index contributed by atoms with van der Waals surface area (Å²) >= 11 is 6.26. The van der Waals surface area contributed by atoms with Crippen molar-refractivity contribution >= 4 is 40.6 Å². The Balaban J connectivity index is 2.37. The second-order valence-corrected chi connectivity index (χ2v) is 5.15. The molecule has 0 aromatic heterocycles. The van der Waals surface area contributed by atoms with Gasteiger partial charge in [-0.3, -0.25) is 4.79 Å². The van der Waals surface area contributed by atoms with Gasteiger partial charge in [0, 0.05) is 12.2 Å². The summed E-state index contributed by atoms with van der Waals surface area (Å²) in [5, 5.41) is 2.80. The highest BCUT2D eigenvalue weighted by Gasteiger charge is 2.06. The van der Waals surface area contributed by atoms with Crippen LogP contribution in [0.1, 0.15) is 6.42 Å². The fraction of sp³-hybridized carbons (Fsp3) is 0.333. The van der Waals surface area contributed by atoms with Crippen molar-refractivity contribution in [1.82, 2.24) is 0 Å². The number of para-hydroxylation sites is 2. The Morgan fingerprint density at radius 2 is 2.22 bits per heavy atom. The summed E-state index contributed by atoms with van der Waals surface area (Å²) < 4.78 is 5.15. The van der Waals surface area contributed by atoms with Crippen LogP contribution in [0, 0.1) is 0 Å². The third-order valence-electron chi connectivity index (χ3n) is 2.11. The molecule has 1 rings (SSSR count). The minimum Gasteiger partial charge on any atom is -0.495 e. The van der Waals surface area contributed by atoms with Crippen LogP contribution < -0.4 is 15.8 Å². The summed E-state index contributed by atoms with van der Waals surface area (Å²) in [4.78, 5) is 12.2. The molecule has 98 valence electrons. The molecule has 1 amide bonds. The van der Waals surface area contributed by atoms with Crippen LogP contribution in [0.2, 0.25) is 0 Å². The van der Waals surface area contributed by atoms with E-state index in [9.17, 15) is 4.79 Å². The third-order valence-corrected chi connectivity index (χ3v) is 3.27. The van der Waals surface area contributed by atoms with Crippen LogP contribution in [0.5, 0.6) is 5.75 Å². The molecule has 0 aliphatic carbocycles. The average molecular weight is 284 g/mol. The van der Waals surface area contributed by atoms with E-state index in [1.807, 2.05) is 12.1 Å². The first kappa shape index (κ1) is 14.8. The lowest BCUT2D eigenvalue weighted by Gasteiger charge is -2.09. The number of amides is 1. The minimum atomic E-state index is -0.0626. The summed E-state index contributed by atoms with van der Waals surface area (Å²) in [6.07, 6.45) is 0.655. The van der Waals surface area contributed by atoms with E-state index in [-0.39, 0.29) is 5.91 Å². The molecule has 1 aromatic rings. The molecular weight excluding hydrogens is 268 g/mol. The van der Waals surface area contributed by atoms with E-state index in [0.717, 1.165) is 5.75 Å². The number of hydrogen-bond acceptors (Lipinski definition) is 4. The molecule has 0 heterocycles. The van der Waals surface area contributed by atoms with Crippen molar-refractivity contribution < 1.29 is 9.53 Å². The first-order chi connectivity index (χ1) is 8.63. The van der Waals surface area contributed by atoms with Crippen LogP contribution in [0.15, 0.2) is 24.3 Å². The molecule has 18 heavy (non-hydrogen) atoms. The van der Waals surface area contributed by atoms with E-state index in [4.69, 9.17) is 22.7 Å². The van der Waals surface area contributed by atoms with Gasteiger partial charge in [-0.1, -0.05) is 24.4 Å². The van der Waals surface area contributed by atoms with Crippen molar-refractivity contribution in [1.29, 1.82) is 0 Å². The Labute approximate surface area is 116 Å². The lowest BCUT2D eigenvalue weighted by atomic mass is 10.3. The maximum atomic E-state index is 11.7. The molecule has 0 saturated heterocycles. The molecule has 0 aliphatic heterocycles. The highest BCUT2D eigenvalue weighted by atomic mass is 32.2. The fourth-order valence-electron chi connectivity index (χ4n) is 1.27. The molecule has 6 heteroatoms. The van der Waals surface area contributed by atoms with E-state index < -0.39 is 0 Å². The Kier molecular flexibility index (Phi) is 6.53. The summed E-state index contributed by atoms with van der Waals surface area (Å²) in [6.45, 7) is 0. The van der Waals surface area contributed by atoms with E-state index in [0.29, 0.717) is 28.6 Å². The largest absolute Gasteiger partial charge is 0.495 e. The molecule has 0 unspecified atom stereocenters. The van der Waals surface area contributed by atoms with Crippen LogP contribution in [0.25, 0.3) is 0 Å². The second kappa shape index (κ2) is 7.94. The number of thioether (sulfide) groups is 1. The second-order valence-electron chi connectivity index (χ2n) is 3.52. The number of hydrogen-bond donors (Lipinski definition) is 2. The van der Waals surface area contributed by atoms with E-state index in [2.05, 4.69) is 5.32 Å². The Hall–Kier alpha value is -1.27. The topological polar surface area (TPSA) is 64.3 Å². The maximum absolute atomic E-state index is 11.7. The molecule has 0 fully saturated rings. The molecule has 0 radical (unpaired) electrons. The lowest BCUT2D eigenvalue weighted by molar-refractivity contribution is -0.113. The number of nitrogens with two attached hydrogens (primary N) is 1. The Morgan fingerprint density at radius 1 is 1.50 bits per heavy atom. The van der Waals surface area contributed by atoms with Crippen molar-refractivity contribution in [3.05, 3.63) is 24.3 Å². The fourth-order valence-corrected chi connectivity index (χ4v) is 2.27. The highest BCUT2D eigenvalue weighted by molar-refractivity contribution is 8.00. The summed E-state index contributed by atoms with van der Waals surface area (Å²) in [6, 6.07) is 7.30. The van der Waals surface area contributed by atoms with Gasteiger partial charge in [0.2, 0.25) is 5.91 Å². The highest BCUT2D eigenvalue weighted by Crippen LogP contribution is 2.23. The van der Waals surface area contributed by atoms with Crippen LogP contribution >= 0.6 is 24.0 Å². The van der Waals surface area contributed by atoms with E-state index in [1.54, 1.807) is 19.2 Å². The van der Waals surface area contributed by atoms with Gasteiger partial charge in [0.15, 0.2) is 0 Å². The van der Waals surface area contributed by atoms with Gasteiger partial charge in [-0.15, -0.1) is 0 Å². The summed E-state index contributed by atoms with van der Waals surface area (Å²) in [5.74, 6) is 1.72. The number of anilines is 1. The van der Waals surface area contributed by atoms with Crippen molar-refractivity contribution in [3.63, 3.8) is 0 Å². The maximum Gasteiger partial charge on any atom is 0.234 e. The normalized spacial score (nSPS) is 9.83. The predicted molar refractivity (Wildman–Crippen MR) is 80.4 cm³/mol. The summed E-state index contributed by atoms with van der Waals surface area (Å²) in [5.41, 5.74) is 6.05. The molecule has 4 nitrogen and oxygen atoms in total. The van der Waals surface area contributed by atoms with Crippen molar-refractivity contribution in [2.45, 2.75) is 6.42 Å². The zero-order chi connectivity index (χ0) is 13.4. The van der Waals surface area contributed by atoms with Gasteiger partial charge in [-0.2, -0.15) is 11.8 Å². The molecule has 0 saturated carbocycles. The van der Waals surface area contributed by atoms with Crippen LogP contribution in [-0.4, -0.2) is 29.5 Å². The first-order valence-electron chi connectivity index (χ1n) is 5.42. The quantitative estimate of drug-likeness (QED) is 0.592. The number of benzene rings is 1. The van der Waals surface area contributed by atoms with Gasteiger partial charge in [0.05, 0.1) is 23.5 Å². The number of carbonyl (C=O) groups excluding carboxylic acids is 1. The van der Waals surface area contributed by atoms with Crippen molar-refractivity contribution in [3.8, 4) is 5.75 Å². The number of methoxy groups -OCH3 is 1. The van der Waals surface area contributed by atoms with Gasteiger partial charge in [0.25, 0.3) is 0 Å². The number of carbonyl (C=O) groups is 1. The molecule has 0 atom stereocenters. The number of nitrogens with one attached hydrogen (secondary N) is 1. The number of thiocarbonyl (C=S) groups is 1. The Morgan fingerprint density at radius 3 is 2.89 bits per heavy atom. The van der Waals surface area contributed by atoms with E-state index in [1.165, 1.54) is 11.8 Å². The SMILES string of the molecule is COc1ccccc1NC(=O)CSCCC(N)=S. The smallest absolute Gasteiger partial charge is 0.234 e. The first-order valence-corrected chi connectivity index (χ1v) is 6.98. The Bertz CT molecular complexity index is 424. The van der Waals surface area contributed by atoms with Gasteiger partial charge in [-0.25, -0.2) is 0 Å². The predicted octanol–water partition coefficient (Wildman–Crippen LogP) is 2.04. The number of rotatable bonds is 7. The van der Waals surface area contributed by atoms with Crippen LogP contribution in [0.4, 0.5) is 5.69 Å². The zero-order valence-corrected chi connectivity index (χ0v) is 11.8. The monoisotopic (exact) mass is 284 g/mol. The molecule has 0 spiro atoms.